The number of piperidine rings is 1. The lowest BCUT2D eigenvalue weighted by atomic mass is 9.99. The smallest absolute Gasteiger partial charge is 0.317 e. The normalized spacial score (nSPS) is 19.6. The van der Waals surface area contributed by atoms with Crippen molar-refractivity contribution in [2.24, 2.45) is 5.92 Å². The summed E-state index contributed by atoms with van der Waals surface area (Å²) in [5.41, 5.74) is 0. The second kappa shape index (κ2) is 5.81. The van der Waals surface area contributed by atoms with Crippen LogP contribution >= 0.6 is 11.3 Å². The van der Waals surface area contributed by atoms with Crippen molar-refractivity contribution < 1.29 is 14.7 Å². The average molecular weight is 269 g/mol. The monoisotopic (exact) mass is 269 g/mol. The van der Waals surface area contributed by atoms with E-state index in [-0.39, 0.29) is 6.03 Å². The van der Waals surface area contributed by atoms with Gasteiger partial charge in [0.2, 0.25) is 0 Å². The Morgan fingerprint density at radius 3 is 3.11 bits per heavy atom. The van der Waals surface area contributed by atoms with Gasteiger partial charge in [0.15, 0.2) is 0 Å². The van der Waals surface area contributed by atoms with E-state index in [9.17, 15) is 9.59 Å². The van der Waals surface area contributed by atoms with Gasteiger partial charge >= 0.3 is 12.0 Å². The summed E-state index contributed by atoms with van der Waals surface area (Å²) < 4.78 is 0. The van der Waals surface area contributed by atoms with E-state index in [4.69, 9.17) is 5.11 Å². The van der Waals surface area contributed by atoms with E-state index in [2.05, 4.69) is 10.3 Å². The number of aliphatic carboxylic acids is 1. The molecule has 18 heavy (non-hydrogen) atoms. The summed E-state index contributed by atoms with van der Waals surface area (Å²) in [6.45, 7) is 1.30. The van der Waals surface area contributed by atoms with Crippen molar-refractivity contribution in [1.29, 1.82) is 0 Å². The maximum absolute atomic E-state index is 11.9. The molecule has 1 aromatic rings. The minimum absolute atomic E-state index is 0.212. The molecule has 0 spiro atoms. The van der Waals surface area contributed by atoms with E-state index in [1.54, 1.807) is 11.1 Å². The minimum atomic E-state index is -0.826. The third-order valence-electron chi connectivity index (χ3n) is 2.93. The van der Waals surface area contributed by atoms with Crippen LogP contribution in [0.3, 0.4) is 0 Å². The van der Waals surface area contributed by atoms with Crippen LogP contribution in [-0.2, 0) is 11.3 Å². The number of urea groups is 1. The molecule has 2 rings (SSSR count). The topological polar surface area (TPSA) is 82.5 Å². The molecule has 0 unspecified atom stereocenters. The van der Waals surface area contributed by atoms with E-state index < -0.39 is 11.9 Å². The van der Waals surface area contributed by atoms with Crippen LogP contribution in [0.2, 0.25) is 0 Å². The van der Waals surface area contributed by atoms with Crippen molar-refractivity contribution in [2.45, 2.75) is 19.4 Å². The molecule has 2 heterocycles. The first-order valence-electron chi connectivity index (χ1n) is 5.81. The number of nitrogens with one attached hydrogen (secondary N) is 1. The van der Waals surface area contributed by atoms with E-state index in [1.807, 2.05) is 5.38 Å². The third kappa shape index (κ3) is 3.19. The largest absolute Gasteiger partial charge is 0.481 e. The zero-order chi connectivity index (χ0) is 13.0. The minimum Gasteiger partial charge on any atom is -0.481 e. The first-order valence-corrected chi connectivity index (χ1v) is 6.68. The first-order chi connectivity index (χ1) is 8.66. The van der Waals surface area contributed by atoms with Crippen LogP contribution in [0.25, 0.3) is 0 Å². The zero-order valence-electron chi connectivity index (χ0n) is 9.83. The number of thiazole rings is 1. The number of rotatable bonds is 3. The number of nitrogens with zero attached hydrogens (tertiary/aromatic N) is 2. The standard InChI is InChI=1S/C11H15N3O3S/c15-10(16)8-2-1-4-14(7-8)11(17)13-6-9-12-3-5-18-9/h3,5,8H,1-2,4,6-7H2,(H,13,17)(H,15,16)/t8-/m1/s1. The molecule has 1 saturated heterocycles. The fourth-order valence-electron chi connectivity index (χ4n) is 1.97. The van der Waals surface area contributed by atoms with Gasteiger partial charge in [-0.3, -0.25) is 4.79 Å². The third-order valence-corrected chi connectivity index (χ3v) is 3.71. The van der Waals surface area contributed by atoms with Gasteiger partial charge in [0.1, 0.15) is 5.01 Å². The number of carboxylic acids is 1. The van der Waals surface area contributed by atoms with E-state index in [0.29, 0.717) is 26.1 Å². The van der Waals surface area contributed by atoms with Gasteiger partial charge in [0.05, 0.1) is 12.5 Å². The molecule has 1 aliphatic rings. The molecule has 7 heteroatoms. The first kappa shape index (κ1) is 12.8. The molecule has 2 N–H and O–H groups in total. The Morgan fingerprint density at radius 2 is 2.44 bits per heavy atom. The lowest BCUT2D eigenvalue weighted by Crippen LogP contribution is -2.46. The zero-order valence-corrected chi connectivity index (χ0v) is 10.7. The highest BCUT2D eigenvalue weighted by molar-refractivity contribution is 7.09. The van der Waals surface area contributed by atoms with Crippen LogP contribution in [0, 0.1) is 5.92 Å². The van der Waals surface area contributed by atoms with Gasteiger partial charge < -0.3 is 15.3 Å². The Morgan fingerprint density at radius 1 is 1.61 bits per heavy atom. The van der Waals surface area contributed by atoms with Crippen LogP contribution in [0.15, 0.2) is 11.6 Å². The molecule has 1 aromatic heterocycles. The van der Waals surface area contributed by atoms with Gasteiger partial charge in [0.25, 0.3) is 0 Å². The van der Waals surface area contributed by atoms with Crippen LogP contribution in [0.1, 0.15) is 17.8 Å². The van der Waals surface area contributed by atoms with Crippen molar-refractivity contribution in [3.63, 3.8) is 0 Å². The Balaban J connectivity index is 1.83. The second-order valence-corrected chi connectivity index (χ2v) is 5.19. The molecule has 1 fully saturated rings. The van der Waals surface area contributed by atoms with Crippen LogP contribution in [0.5, 0.6) is 0 Å². The number of aromatic nitrogens is 1. The Labute approximate surface area is 109 Å². The van der Waals surface area contributed by atoms with Crippen molar-refractivity contribution >= 4 is 23.3 Å². The van der Waals surface area contributed by atoms with Crippen LogP contribution in [-0.4, -0.2) is 40.1 Å². The molecule has 98 valence electrons. The quantitative estimate of drug-likeness (QED) is 0.862. The summed E-state index contributed by atoms with van der Waals surface area (Å²) in [5, 5.41) is 14.4. The van der Waals surface area contributed by atoms with E-state index in [0.717, 1.165) is 11.4 Å². The second-order valence-electron chi connectivity index (χ2n) is 4.21. The summed E-state index contributed by atoms with van der Waals surface area (Å²) in [6.07, 6.45) is 3.07. The molecular weight excluding hydrogens is 254 g/mol. The van der Waals surface area contributed by atoms with Gasteiger partial charge in [-0.15, -0.1) is 11.3 Å². The molecule has 1 aliphatic heterocycles. The molecule has 0 aliphatic carbocycles. The molecule has 0 aromatic carbocycles. The van der Waals surface area contributed by atoms with Gasteiger partial charge in [-0.05, 0) is 12.8 Å². The highest BCUT2D eigenvalue weighted by atomic mass is 32.1. The molecule has 6 nitrogen and oxygen atoms in total. The van der Waals surface area contributed by atoms with Gasteiger partial charge in [0, 0.05) is 24.7 Å². The number of carboxylic acid groups (broad SMARTS) is 1. The lowest BCUT2D eigenvalue weighted by Gasteiger charge is -2.30. The lowest BCUT2D eigenvalue weighted by molar-refractivity contribution is -0.143. The number of likely N-dealkylation sites (tertiary alicyclic amines) is 1. The maximum Gasteiger partial charge on any atom is 0.317 e. The molecule has 0 radical (unpaired) electrons. The molecule has 0 bridgehead atoms. The van der Waals surface area contributed by atoms with Crippen molar-refractivity contribution in [1.82, 2.24) is 15.2 Å². The van der Waals surface area contributed by atoms with E-state index in [1.165, 1.54) is 11.3 Å². The van der Waals surface area contributed by atoms with Gasteiger partial charge in [-0.2, -0.15) is 0 Å². The highest BCUT2D eigenvalue weighted by Gasteiger charge is 2.27. The number of carbonyl (C=O) groups excluding carboxylic acids is 1. The number of hydrogen-bond donors (Lipinski definition) is 2. The summed E-state index contributed by atoms with van der Waals surface area (Å²) in [4.78, 5) is 28.4. The number of carbonyl (C=O) groups is 2. The highest BCUT2D eigenvalue weighted by Crippen LogP contribution is 2.16. The average Bonchev–Trinajstić information content (AvgIpc) is 2.89. The predicted octanol–water partition coefficient (Wildman–Crippen LogP) is 1.15. The number of amides is 2. The van der Waals surface area contributed by atoms with Crippen molar-refractivity contribution in [3.05, 3.63) is 16.6 Å². The van der Waals surface area contributed by atoms with Crippen LogP contribution in [0.4, 0.5) is 4.79 Å². The van der Waals surface area contributed by atoms with E-state index >= 15 is 0 Å². The molecule has 1 atom stereocenters. The number of hydrogen-bond acceptors (Lipinski definition) is 4. The Bertz CT molecular complexity index is 421. The van der Waals surface area contributed by atoms with Crippen LogP contribution < -0.4 is 5.32 Å². The maximum atomic E-state index is 11.9. The summed E-state index contributed by atoms with van der Waals surface area (Å²) in [7, 11) is 0. The fraction of sp³-hybridized carbons (Fsp3) is 0.545. The fourth-order valence-corrected chi connectivity index (χ4v) is 2.52. The molecule has 2 amide bonds. The molecule has 0 saturated carbocycles. The summed E-state index contributed by atoms with van der Waals surface area (Å²) >= 11 is 1.48. The SMILES string of the molecule is O=C(O)[C@@H]1CCCN(C(=O)NCc2nccs2)C1. The van der Waals surface area contributed by atoms with Crippen molar-refractivity contribution in [2.75, 3.05) is 13.1 Å². The Hall–Kier alpha value is -1.63. The summed E-state index contributed by atoms with van der Waals surface area (Å²) in [6, 6.07) is -0.212. The summed E-state index contributed by atoms with van der Waals surface area (Å²) in [5.74, 6) is -1.27. The van der Waals surface area contributed by atoms with Gasteiger partial charge in [-0.25, -0.2) is 9.78 Å². The predicted molar refractivity (Wildman–Crippen MR) is 66.3 cm³/mol. The van der Waals surface area contributed by atoms with Gasteiger partial charge in [-0.1, -0.05) is 0 Å². The van der Waals surface area contributed by atoms with Crippen molar-refractivity contribution in [3.8, 4) is 0 Å². The molecular formula is C11H15N3O3S. The Kier molecular flexibility index (Phi) is 4.14.